The number of hydrogen-bond donors (Lipinski definition) is 2. The van der Waals surface area contributed by atoms with E-state index in [1.54, 1.807) is 19.2 Å². The summed E-state index contributed by atoms with van der Waals surface area (Å²) in [5.74, 6) is 0.653. The van der Waals surface area contributed by atoms with Crippen molar-refractivity contribution >= 4 is 5.69 Å². The molecule has 0 radical (unpaired) electrons. The highest BCUT2D eigenvalue weighted by Gasteiger charge is 2.24. The van der Waals surface area contributed by atoms with E-state index in [0.717, 1.165) is 31.7 Å². The molecule has 2 aromatic rings. The van der Waals surface area contributed by atoms with Crippen molar-refractivity contribution in [3.8, 4) is 11.5 Å². The Kier molecular flexibility index (Phi) is 5.23. The van der Waals surface area contributed by atoms with Crippen LogP contribution >= 0.6 is 0 Å². The lowest BCUT2D eigenvalue weighted by atomic mass is 10.0. The summed E-state index contributed by atoms with van der Waals surface area (Å²) in [5.41, 5.74) is 8.33. The molecule has 1 unspecified atom stereocenters. The Morgan fingerprint density at radius 2 is 1.79 bits per heavy atom. The first-order chi connectivity index (χ1) is 11.7. The monoisotopic (exact) mass is 327 g/mol. The molecule has 1 atom stereocenters. The number of para-hydroxylation sites is 1. The molecule has 3 N–H and O–H groups in total. The van der Waals surface area contributed by atoms with Gasteiger partial charge in [-0.2, -0.15) is 0 Å². The molecule has 128 valence electrons. The van der Waals surface area contributed by atoms with E-state index in [1.807, 2.05) is 12.1 Å². The number of nitrogens with two attached hydrogens (primary N) is 1. The maximum Gasteiger partial charge on any atom is 0.160 e. The van der Waals surface area contributed by atoms with Gasteiger partial charge in [-0.25, -0.2) is 0 Å². The van der Waals surface area contributed by atoms with Crippen LogP contribution in [0.1, 0.15) is 11.6 Å². The van der Waals surface area contributed by atoms with E-state index >= 15 is 0 Å². The normalized spacial score (nSPS) is 16.8. The third kappa shape index (κ3) is 3.47. The number of hydrogen-bond acceptors (Lipinski definition) is 5. The van der Waals surface area contributed by atoms with Gasteiger partial charge in [0.2, 0.25) is 0 Å². The van der Waals surface area contributed by atoms with Gasteiger partial charge in [0.1, 0.15) is 0 Å². The van der Waals surface area contributed by atoms with Gasteiger partial charge in [0, 0.05) is 44.5 Å². The lowest BCUT2D eigenvalue weighted by Crippen LogP contribution is -2.49. The molecule has 3 rings (SSSR count). The second-order valence-electron chi connectivity index (χ2n) is 6.04. The highest BCUT2D eigenvalue weighted by atomic mass is 16.5. The fourth-order valence-electron chi connectivity index (χ4n) is 3.34. The smallest absolute Gasteiger partial charge is 0.160 e. The van der Waals surface area contributed by atoms with Crippen molar-refractivity contribution in [1.29, 1.82) is 0 Å². The van der Waals surface area contributed by atoms with Gasteiger partial charge in [0.15, 0.2) is 11.5 Å². The molecule has 1 aliphatic rings. The van der Waals surface area contributed by atoms with Crippen LogP contribution in [0.15, 0.2) is 48.5 Å². The van der Waals surface area contributed by atoms with E-state index in [-0.39, 0.29) is 11.8 Å². The zero-order valence-corrected chi connectivity index (χ0v) is 14.1. The van der Waals surface area contributed by atoms with Gasteiger partial charge < -0.3 is 20.5 Å². The molecule has 0 aliphatic carbocycles. The van der Waals surface area contributed by atoms with Crippen LogP contribution in [0.25, 0.3) is 0 Å². The number of phenols is 1. The van der Waals surface area contributed by atoms with Gasteiger partial charge in [0.25, 0.3) is 0 Å². The first kappa shape index (κ1) is 16.6. The van der Waals surface area contributed by atoms with Gasteiger partial charge in [-0.15, -0.1) is 0 Å². The number of benzene rings is 2. The molecule has 0 bridgehead atoms. The molecule has 1 fully saturated rings. The lowest BCUT2D eigenvalue weighted by Gasteiger charge is -2.40. The summed E-state index contributed by atoms with van der Waals surface area (Å²) < 4.78 is 5.12. The largest absolute Gasteiger partial charge is 0.504 e. The van der Waals surface area contributed by atoms with Gasteiger partial charge >= 0.3 is 0 Å². The summed E-state index contributed by atoms with van der Waals surface area (Å²) in [4.78, 5) is 4.79. The number of nitrogens with zero attached hydrogens (tertiary/aromatic N) is 2. The van der Waals surface area contributed by atoms with E-state index in [4.69, 9.17) is 10.5 Å². The van der Waals surface area contributed by atoms with Gasteiger partial charge in [0.05, 0.1) is 7.11 Å². The molecule has 1 aliphatic heterocycles. The minimum absolute atomic E-state index is 0.111. The third-order valence-corrected chi connectivity index (χ3v) is 4.69. The number of methoxy groups -OCH3 is 1. The molecule has 5 heteroatoms. The molecule has 2 aromatic carbocycles. The lowest BCUT2D eigenvalue weighted by molar-refractivity contribution is 0.190. The number of aromatic hydroxyl groups is 1. The van der Waals surface area contributed by atoms with Gasteiger partial charge in [-0.3, -0.25) is 4.90 Å². The highest BCUT2D eigenvalue weighted by Crippen LogP contribution is 2.31. The van der Waals surface area contributed by atoms with E-state index < -0.39 is 0 Å². The molecule has 24 heavy (non-hydrogen) atoms. The molecule has 1 heterocycles. The van der Waals surface area contributed by atoms with Crippen molar-refractivity contribution in [2.24, 2.45) is 5.73 Å². The second-order valence-corrected chi connectivity index (χ2v) is 6.04. The maximum atomic E-state index is 10.0. The summed E-state index contributed by atoms with van der Waals surface area (Å²) in [6.07, 6.45) is 0. The van der Waals surface area contributed by atoms with Crippen LogP contribution in [0.2, 0.25) is 0 Å². The second kappa shape index (κ2) is 7.55. The van der Waals surface area contributed by atoms with Gasteiger partial charge in [-0.05, 0) is 29.8 Å². The Balaban J connectivity index is 1.68. The molecular weight excluding hydrogens is 302 g/mol. The summed E-state index contributed by atoms with van der Waals surface area (Å²) in [5, 5.41) is 10.0. The zero-order chi connectivity index (χ0) is 16.9. The van der Waals surface area contributed by atoms with Crippen LogP contribution in [0.4, 0.5) is 5.69 Å². The average molecular weight is 327 g/mol. The van der Waals surface area contributed by atoms with Crippen LogP contribution in [0, 0.1) is 0 Å². The molecule has 0 aromatic heterocycles. The maximum absolute atomic E-state index is 10.0. The first-order valence-electron chi connectivity index (χ1n) is 8.34. The number of piperazine rings is 1. The van der Waals surface area contributed by atoms with Crippen LogP contribution < -0.4 is 15.4 Å². The van der Waals surface area contributed by atoms with Crippen molar-refractivity contribution < 1.29 is 9.84 Å². The zero-order valence-electron chi connectivity index (χ0n) is 14.1. The predicted molar refractivity (Wildman–Crippen MR) is 96.7 cm³/mol. The Morgan fingerprint density at radius 3 is 2.38 bits per heavy atom. The van der Waals surface area contributed by atoms with Gasteiger partial charge in [-0.1, -0.05) is 24.3 Å². The van der Waals surface area contributed by atoms with Crippen molar-refractivity contribution in [3.63, 3.8) is 0 Å². The van der Waals surface area contributed by atoms with Crippen molar-refractivity contribution in [2.45, 2.75) is 6.04 Å². The van der Waals surface area contributed by atoms with E-state index in [2.05, 4.69) is 34.1 Å². The molecule has 0 spiro atoms. The molecule has 0 saturated carbocycles. The quantitative estimate of drug-likeness (QED) is 0.882. The Bertz CT molecular complexity index is 655. The molecule has 5 nitrogen and oxygen atoms in total. The first-order valence-corrected chi connectivity index (χ1v) is 8.34. The Hall–Kier alpha value is -2.24. The highest BCUT2D eigenvalue weighted by molar-refractivity contribution is 5.46. The van der Waals surface area contributed by atoms with Crippen LogP contribution in [0.3, 0.4) is 0 Å². The molecule has 0 amide bonds. The number of ether oxygens (including phenoxy) is 1. The molecule has 1 saturated heterocycles. The number of anilines is 1. The van der Waals surface area contributed by atoms with Crippen LogP contribution in [-0.2, 0) is 0 Å². The van der Waals surface area contributed by atoms with E-state index in [9.17, 15) is 5.11 Å². The van der Waals surface area contributed by atoms with Crippen molar-refractivity contribution in [1.82, 2.24) is 4.90 Å². The average Bonchev–Trinajstić information content (AvgIpc) is 2.64. The SMILES string of the molecule is COc1ccc(C(CN)N2CCN(c3ccccc3)CC2)cc1O. The summed E-state index contributed by atoms with van der Waals surface area (Å²) in [6.45, 7) is 4.37. The number of phenolic OH excluding ortho intramolecular Hbond substituents is 1. The van der Waals surface area contributed by atoms with E-state index in [1.165, 1.54) is 5.69 Å². The van der Waals surface area contributed by atoms with E-state index in [0.29, 0.717) is 12.3 Å². The van der Waals surface area contributed by atoms with Crippen molar-refractivity contribution in [3.05, 3.63) is 54.1 Å². The number of rotatable bonds is 5. The fourth-order valence-corrected chi connectivity index (χ4v) is 3.34. The Morgan fingerprint density at radius 1 is 1.08 bits per heavy atom. The molecular formula is C19H25N3O2. The standard InChI is InChI=1S/C19H25N3O2/c1-24-19-8-7-15(13-18(19)23)17(14-20)22-11-9-21(10-12-22)16-5-3-2-4-6-16/h2-8,13,17,23H,9-12,14,20H2,1H3. The summed E-state index contributed by atoms with van der Waals surface area (Å²) in [6, 6.07) is 16.2. The third-order valence-electron chi connectivity index (χ3n) is 4.69. The van der Waals surface area contributed by atoms with Crippen LogP contribution in [-0.4, -0.2) is 49.8 Å². The Labute approximate surface area is 143 Å². The minimum Gasteiger partial charge on any atom is -0.504 e. The fraction of sp³-hybridized carbons (Fsp3) is 0.368. The topological polar surface area (TPSA) is 62.0 Å². The van der Waals surface area contributed by atoms with Crippen LogP contribution in [0.5, 0.6) is 11.5 Å². The summed E-state index contributed by atoms with van der Waals surface area (Å²) >= 11 is 0. The van der Waals surface area contributed by atoms with Crippen molar-refractivity contribution in [2.75, 3.05) is 44.7 Å². The minimum atomic E-state index is 0.111. The predicted octanol–water partition coefficient (Wildman–Crippen LogP) is 2.22. The summed E-state index contributed by atoms with van der Waals surface area (Å²) in [7, 11) is 1.55.